The van der Waals surface area contributed by atoms with Gasteiger partial charge in [-0.3, -0.25) is 0 Å². The summed E-state index contributed by atoms with van der Waals surface area (Å²) in [7, 11) is -3.63. The molecule has 2 N–H and O–H groups in total. The Bertz CT molecular complexity index is 511. The Kier molecular flexibility index (Phi) is 4.35. The number of aryl methyl sites for hydroxylation is 1. The van der Waals surface area contributed by atoms with Crippen LogP contribution in [0.2, 0.25) is 0 Å². The van der Waals surface area contributed by atoms with Crippen molar-refractivity contribution >= 4 is 26.0 Å². The van der Waals surface area contributed by atoms with Crippen molar-refractivity contribution in [2.24, 2.45) is 0 Å². The zero-order valence-electron chi connectivity index (χ0n) is 9.99. The van der Waals surface area contributed by atoms with Gasteiger partial charge in [-0.15, -0.1) is 0 Å². The average molecular weight is 322 g/mol. The number of aliphatic hydroxyl groups is 1. The second kappa shape index (κ2) is 5.06. The quantitative estimate of drug-likeness (QED) is 0.888. The molecule has 0 bridgehead atoms. The first-order valence-corrected chi connectivity index (χ1v) is 7.36. The molecular weight excluding hydrogens is 306 g/mol. The molecule has 0 radical (unpaired) electrons. The molecule has 1 rings (SSSR count). The topological polar surface area (TPSA) is 66.4 Å². The van der Waals surface area contributed by atoms with Crippen LogP contribution in [-0.4, -0.2) is 25.7 Å². The van der Waals surface area contributed by atoms with E-state index >= 15 is 0 Å². The van der Waals surface area contributed by atoms with E-state index in [2.05, 4.69) is 20.7 Å². The van der Waals surface area contributed by atoms with Crippen molar-refractivity contribution in [2.45, 2.75) is 31.2 Å². The average Bonchev–Trinajstić information content (AvgIpc) is 2.15. The fourth-order valence-corrected chi connectivity index (χ4v) is 3.87. The first-order chi connectivity index (χ1) is 7.68. The second-order valence-corrected chi connectivity index (χ2v) is 7.09. The SMILES string of the molecule is Cc1ccc(S(=O)(=O)NC(C)(C)CO)c(Br)c1. The van der Waals surface area contributed by atoms with Crippen LogP contribution in [0.15, 0.2) is 27.6 Å². The van der Waals surface area contributed by atoms with Gasteiger partial charge in [-0.1, -0.05) is 6.07 Å². The molecule has 0 atom stereocenters. The first-order valence-electron chi connectivity index (χ1n) is 5.09. The zero-order valence-corrected chi connectivity index (χ0v) is 12.4. The number of rotatable bonds is 4. The van der Waals surface area contributed by atoms with Crippen molar-refractivity contribution in [3.05, 3.63) is 28.2 Å². The highest BCUT2D eigenvalue weighted by Crippen LogP contribution is 2.24. The summed E-state index contributed by atoms with van der Waals surface area (Å²) >= 11 is 3.23. The highest BCUT2D eigenvalue weighted by molar-refractivity contribution is 9.10. The lowest BCUT2D eigenvalue weighted by Gasteiger charge is -2.23. The minimum Gasteiger partial charge on any atom is -0.394 e. The van der Waals surface area contributed by atoms with Crippen molar-refractivity contribution in [2.75, 3.05) is 6.61 Å². The fraction of sp³-hybridized carbons (Fsp3) is 0.455. The van der Waals surface area contributed by atoms with E-state index in [0.717, 1.165) is 5.56 Å². The van der Waals surface area contributed by atoms with E-state index in [1.54, 1.807) is 26.0 Å². The maximum atomic E-state index is 12.1. The van der Waals surface area contributed by atoms with E-state index in [1.807, 2.05) is 6.92 Å². The molecule has 6 heteroatoms. The minimum atomic E-state index is -3.63. The highest BCUT2D eigenvalue weighted by atomic mass is 79.9. The van der Waals surface area contributed by atoms with E-state index in [0.29, 0.717) is 4.47 Å². The predicted molar refractivity (Wildman–Crippen MR) is 70.4 cm³/mol. The molecule has 0 aliphatic carbocycles. The molecule has 0 aliphatic rings. The van der Waals surface area contributed by atoms with E-state index in [9.17, 15) is 8.42 Å². The predicted octanol–water partition coefficient (Wildman–Crippen LogP) is 1.81. The summed E-state index contributed by atoms with van der Waals surface area (Å²) < 4.78 is 27.1. The Balaban J connectivity index is 3.14. The molecule has 0 saturated carbocycles. The van der Waals surface area contributed by atoms with E-state index in [1.165, 1.54) is 6.07 Å². The number of halogens is 1. The summed E-state index contributed by atoms with van der Waals surface area (Å²) in [6, 6.07) is 5.00. The highest BCUT2D eigenvalue weighted by Gasteiger charge is 2.26. The number of benzene rings is 1. The van der Waals surface area contributed by atoms with Crippen molar-refractivity contribution in [1.82, 2.24) is 4.72 Å². The molecule has 0 fully saturated rings. The standard InChI is InChI=1S/C11H16BrNO3S/c1-8-4-5-10(9(12)6-8)17(15,16)13-11(2,3)7-14/h4-6,13-14H,7H2,1-3H3. The molecule has 0 spiro atoms. The molecule has 1 aromatic carbocycles. The molecule has 0 amide bonds. The minimum absolute atomic E-state index is 0.171. The molecule has 0 heterocycles. The van der Waals surface area contributed by atoms with Gasteiger partial charge >= 0.3 is 0 Å². The first kappa shape index (κ1) is 14.6. The van der Waals surface area contributed by atoms with Crippen LogP contribution in [0.3, 0.4) is 0 Å². The van der Waals surface area contributed by atoms with Gasteiger partial charge in [-0.05, 0) is 54.4 Å². The van der Waals surface area contributed by atoms with Gasteiger partial charge in [0.2, 0.25) is 10.0 Å². The van der Waals surface area contributed by atoms with Crippen LogP contribution >= 0.6 is 15.9 Å². The molecule has 17 heavy (non-hydrogen) atoms. The van der Waals surface area contributed by atoms with Gasteiger partial charge in [-0.2, -0.15) is 0 Å². The van der Waals surface area contributed by atoms with Gasteiger partial charge in [0, 0.05) is 4.47 Å². The Morgan fingerprint density at radius 2 is 2.00 bits per heavy atom. The number of hydrogen-bond donors (Lipinski definition) is 2. The van der Waals surface area contributed by atoms with Gasteiger partial charge in [0.05, 0.1) is 17.0 Å². The lowest BCUT2D eigenvalue weighted by molar-refractivity contribution is 0.208. The van der Waals surface area contributed by atoms with Gasteiger partial charge < -0.3 is 5.11 Å². The summed E-state index contributed by atoms with van der Waals surface area (Å²) in [5.74, 6) is 0. The molecule has 0 aliphatic heterocycles. The van der Waals surface area contributed by atoms with Crippen LogP contribution in [-0.2, 0) is 10.0 Å². The Hall–Kier alpha value is -0.430. The third kappa shape index (κ3) is 3.77. The molecule has 0 unspecified atom stereocenters. The number of nitrogens with one attached hydrogen (secondary N) is 1. The number of sulfonamides is 1. The van der Waals surface area contributed by atoms with Gasteiger partial charge in [-0.25, -0.2) is 13.1 Å². The second-order valence-electron chi connectivity index (χ2n) is 4.58. The van der Waals surface area contributed by atoms with Crippen LogP contribution in [0, 0.1) is 6.92 Å². The summed E-state index contributed by atoms with van der Waals surface area (Å²) in [5.41, 5.74) is 0.0839. The maximum Gasteiger partial charge on any atom is 0.242 e. The smallest absolute Gasteiger partial charge is 0.242 e. The van der Waals surface area contributed by atoms with E-state index in [-0.39, 0.29) is 11.5 Å². The summed E-state index contributed by atoms with van der Waals surface area (Å²) in [4.78, 5) is 0.171. The molecule has 96 valence electrons. The normalized spacial score (nSPS) is 12.8. The van der Waals surface area contributed by atoms with Gasteiger partial charge in [0.25, 0.3) is 0 Å². The summed E-state index contributed by atoms with van der Waals surface area (Å²) in [6.07, 6.45) is 0. The van der Waals surface area contributed by atoms with Crippen molar-refractivity contribution in [3.63, 3.8) is 0 Å². The van der Waals surface area contributed by atoms with E-state index < -0.39 is 15.6 Å². The molecular formula is C11H16BrNO3S. The van der Waals surface area contributed by atoms with Crippen molar-refractivity contribution in [3.8, 4) is 0 Å². The monoisotopic (exact) mass is 321 g/mol. The van der Waals surface area contributed by atoms with Crippen LogP contribution < -0.4 is 4.72 Å². The molecule has 1 aromatic rings. The van der Waals surface area contributed by atoms with Crippen molar-refractivity contribution < 1.29 is 13.5 Å². The number of aliphatic hydroxyl groups excluding tert-OH is 1. The van der Waals surface area contributed by atoms with E-state index in [4.69, 9.17) is 5.11 Å². The van der Waals surface area contributed by atoms with Crippen molar-refractivity contribution in [1.29, 1.82) is 0 Å². The summed E-state index contributed by atoms with van der Waals surface area (Å²) in [5, 5.41) is 9.08. The van der Waals surface area contributed by atoms with Crippen LogP contribution in [0.25, 0.3) is 0 Å². The molecule has 0 aromatic heterocycles. The van der Waals surface area contributed by atoms with Crippen LogP contribution in [0.4, 0.5) is 0 Å². The largest absolute Gasteiger partial charge is 0.394 e. The zero-order chi connectivity index (χ0) is 13.3. The Morgan fingerprint density at radius 1 is 1.41 bits per heavy atom. The maximum absolute atomic E-state index is 12.1. The lowest BCUT2D eigenvalue weighted by Crippen LogP contribution is -2.46. The third-order valence-electron chi connectivity index (χ3n) is 2.18. The fourth-order valence-electron chi connectivity index (χ4n) is 1.27. The third-order valence-corrected chi connectivity index (χ3v) is 4.86. The number of hydrogen-bond acceptors (Lipinski definition) is 3. The molecule has 0 saturated heterocycles. The van der Waals surface area contributed by atoms with Crippen LogP contribution in [0.5, 0.6) is 0 Å². The molecule has 4 nitrogen and oxygen atoms in total. The van der Waals surface area contributed by atoms with Crippen LogP contribution in [0.1, 0.15) is 19.4 Å². The Morgan fingerprint density at radius 3 is 2.47 bits per heavy atom. The summed E-state index contributed by atoms with van der Waals surface area (Å²) in [6.45, 7) is 4.85. The Labute approximate surface area is 110 Å². The lowest BCUT2D eigenvalue weighted by atomic mass is 10.1. The van der Waals surface area contributed by atoms with Gasteiger partial charge in [0.15, 0.2) is 0 Å². The van der Waals surface area contributed by atoms with Gasteiger partial charge in [0.1, 0.15) is 0 Å².